The van der Waals surface area contributed by atoms with Crippen LogP contribution in [-0.2, 0) is 4.79 Å². The van der Waals surface area contributed by atoms with Crippen molar-refractivity contribution < 1.29 is 4.79 Å². The molecule has 2 N–H and O–H groups in total. The summed E-state index contributed by atoms with van der Waals surface area (Å²) in [6.45, 7) is 1.14. The van der Waals surface area contributed by atoms with Crippen LogP contribution in [0.5, 0.6) is 0 Å². The Morgan fingerprint density at radius 1 is 1.05 bits per heavy atom. The molecule has 3 heteroatoms. The molecule has 20 heavy (non-hydrogen) atoms. The van der Waals surface area contributed by atoms with E-state index in [2.05, 4.69) is 10.6 Å². The summed E-state index contributed by atoms with van der Waals surface area (Å²) in [4.78, 5) is 12.3. The van der Waals surface area contributed by atoms with E-state index < -0.39 is 0 Å². The summed E-state index contributed by atoms with van der Waals surface area (Å²) >= 11 is 0. The van der Waals surface area contributed by atoms with E-state index in [-0.39, 0.29) is 0 Å². The molecular weight excluding hydrogens is 248 g/mol. The molecule has 0 spiro atoms. The minimum absolute atomic E-state index is 0.316. The van der Waals surface area contributed by atoms with Crippen molar-refractivity contribution in [3.63, 3.8) is 0 Å². The monoisotopic (exact) mass is 276 g/mol. The average Bonchev–Trinajstić information content (AvgIpc) is 2.93. The maximum Gasteiger partial charge on any atom is 0.220 e. The van der Waals surface area contributed by atoms with Gasteiger partial charge in [-0.15, -0.1) is 0 Å². The molecule has 0 aromatic carbocycles. The standard InChI is InChI=1S/C17H28N2O/c20-16(4-3-15-2-1-5-18-15)19-17-13-7-11-6-12(9-13)10-14(17)8-11/h11-15,17-18H,1-10H2,(H,19,20). The third-order valence-electron chi connectivity index (χ3n) is 6.44. The van der Waals surface area contributed by atoms with E-state index in [0.717, 1.165) is 43.1 Å². The maximum absolute atomic E-state index is 12.3. The Morgan fingerprint density at radius 3 is 2.35 bits per heavy atom. The lowest BCUT2D eigenvalue weighted by Gasteiger charge is -2.54. The molecule has 5 fully saturated rings. The van der Waals surface area contributed by atoms with Crippen molar-refractivity contribution in [3.8, 4) is 0 Å². The van der Waals surface area contributed by atoms with Crippen molar-refractivity contribution in [1.29, 1.82) is 0 Å². The van der Waals surface area contributed by atoms with Crippen LogP contribution in [0.3, 0.4) is 0 Å². The molecule has 1 amide bonds. The minimum Gasteiger partial charge on any atom is -0.353 e. The van der Waals surface area contributed by atoms with Crippen molar-refractivity contribution >= 4 is 5.91 Å². The second-order valence-corrected chi connectivity index (χ2v) is 7.86. The lowest BCUT2D eigenvalue weighted by atomic mass is 9.54. The molecule has 5 rings (SSSR count). The highest BCUT2D eigenvalue weighted by molar-refractivity contribution is 5.76. The van der Waals surface area contributed by atoms with Gasteiger partial charge in [0.1, 0.15) is 0 Å². The average molecular weight is 276 g/mol. The summed E-state index contributed by atoms with van der Waals surface area (Å²) in [6.07, 6.45) is 11.3. The van der Waals surface area contributed by atoms with Crippen LogP contribution >= 0.6 is 0 Å². The normalized spacial score (nSPS) is 45.8. The third-order valence-corrected chi connectivity index (χ3v) is 6.44. The van der Waals surface area contributed by atoms with Gasteiger partial charge in [-0.05, 0) is 81.6 Å². The van der Waals surface area contributed by atoms with Gasteiger partial charge in [0.2, 0.25) is 5.91 Å². The first-order valence-electron chi connectivity index (χ1n) is 8.80. The summed E-state index contributed by atoms with van der Waals surface area (Å²) in [5, 5.41) is 6.91. The summed E-state index contributed by atoms with van der Waals surface area (Å²) < 4.78 is 0. The molecule has 1 unspecified atom stereocenters. The van der Waals surface area contributed by atoms with Gasteiger partial charge in [0, 0.05) is 18.5 Å². The van der Waals surface area contributed by atoms with Gasteiger partial charge in [-0.2, -0.15) is 0 Å². The molecule has 1 heterocycles. The molecule has 5 aliphatic rings. The quantitative estimate of drug-likeness (QED) is 0.828. The first kappa shape index (κ1) is 13.1. The van der Waals surface area contributed by atoms with Crippen LogP contribution in [0.25, 0.3) is 0 Å². The van der Waals surface area contributed by atoms with Crippen LogP contribution in [0, 0.1) is 23.7 Å². The number of amides is 1. The molecule has 4 saturated carbocycles. The molecule has 0 aromatic heterocycles. The van der Waals surface area contributed by atoms with E-state index >= 15 is 0 Å². The van der Waals surface area contributed by atoms with Crippen LogP contribution in [0.15, 0.2) is 0 Å². The molecule has 4 bridgehead atoms. The lowest BCUT2D eigenvalue weighted by Crippen LogP contribution is -2.55. The first-order valence-corrected chi connectivity index (χ1v) is 8.80. The summed E-state index contributed by atoms with van der Waals surface area (Å²) in [5.41, 5.74) is 0. The van der Waals surface area contributed by atoms with Crippen LogP contribution in [0.2, 0.25) is 0 Å². The van der Waals surface area contributed by atoms with Crippen LogP contribution in [0.4, 0.5) is 0 Å². The molecule has 112 valence electrons. The fraction of sp³-hybridized carbons (Fsp3) is 0.941. The van der Waals surface area contributed by atoms with Gasteiger partial charge in [0.25, 0.3) is 0 Å². The highest BCUT2D eigenvalue weighted by Crippen LogP contribution is 2.53. The van der Waals surface area contributed by atoms with Gasteiger partial charge in [-0.3, -0.25) is 4.79 Å². The Labute approximate surface area is 122 Å². The zero-order valence-electron chi connectivity index (χ0n) is 12.4. The van der Waals surface area contributed by atoms with Crippen LogP contribution in [0.1, 0.15) is 57.8 Å². The summed E-state index contributed by atoms with van der Waals surface area (Å²) in [7, 11) is 0. The van der Waals surface area contributed by atoms with E-state index in [0.29, 0.717) is 18.0 Å². The molecule has 3 nitrogen and oxygen atoms in total. The van der Waals surface area contributed by atoms with E-state index in [9.17, 15) is 4.79 Å². The molecule has 0 radical (unpaired) electrons. The fourth-order valence-electron chi connectivity index (χ4n) is 5.73. The number of hydrogen-bond donors (Lipinski definition) is 2. The van der Waals surface area contributed by atoms with Gasteiger partial charge < -0.3 is 10.6 Å². The number of hydrogen-bond acceptors (Lipinski definition) is 2. The van der Waals surface area contributed by atoms with Gasteiger partial charge in [-0.1, -0.05) is 0 Å². The van der Waals surface area contributed by atoms with E-state index in [4.69, 9.17) is 0 Å². The minimum atomic E-state index is 0.316. The second-order valence-electron chi connectivity index (χ2n) is 7.86. The van der Waals surface area contributed by atoms with E-state index in [1.165, 1.54) is 44.9 Å². The smallest absolute Gasteiger partial charge is 0.220 e. The van der Waals surface area contributed by atoms with Crippen LogP contribution < -0.4 is 10.6 Å². The van der Waals surface area contributed by atoms with Crippen molar-refractivity contribution in [3.05, 3.63) is 0 Å². The molecule has 1 atom stereocenters. The van der Waals surface area contributed by atoms with Crippen molar-refractivity contribution in [2.75, 3.05) is 6.54 Å². The number of carbonyl (C=O) groups is 1. The highest BCUT2D eigenvalue weighted by atomic mass is 16.1. The predicted octanol–water partition coefficient (Wildman–Crippen LogP) is 2.46. The Balaban J connectivity index is 1.29. The first-order chi connectivity index (χ1) is 9.78. The lowest BCUT2D eigenvalue weighted by molar-refractivity contribution is -0.125. The van der Waals surface area contributed by atoms with Gasteiger partial charge in [0.15, 0.2) is 0 Å². The molecule has 4 aliphatic carbocycles. The highest BCUT2D eigenvalue weighted by Gasteiger charge is 2.48. The molecule has 1 aliphatic heterocycles. The Kier molecular flexibility index (Phi) is 3.49. The largest absolute Gasteiger partial charge is 0.353 e. The maximum atomic E-state index is 12.3. The van der Waals surface area contributed by atoms with Crippen molar-refractivity contribution in [2.45, 2.75) is 69.9 Å². The number of carbonyl (C=O) groups excluding carboxylic acids is 1. The summed E-state index contributed by atoms with van der Waals surface area (Å²) in [6, 6.07) is 1.12. The third kappa shape index (κ3) is 2.49. The van der Waals surface area contributed by atoms with Crippen molar-refractivity contribution in [1.82, 2.24) is 10.6 Å². The number of rotatable bonds is 4. The SMILES string of the molecule is O=C(CCC1CCCN1)NC1C2CC3CC(C2)CC1C3. The van der Waals surface area contributed by atoms with Gasteiger partial charge in [-0.25, -0.2) is 0 Å². The predicted molar refractivity (Wildman–Crippen MR) is 79.2 cm³/mol. The fourth-order valence-corrected chi connectivity index (χ4v) is 5.73. The van der Waals surface area contributed by atoms with Gasteiger partial charge in [0.05, 0.1) is 0 Å². The summed E-state index contributed by atoms with van der Waals surface area (Å²) in [5.74, 6) is 3.91. The van der Waals surface area contributed by atoms with Crippen LogP contribution in [-0.4, -0.2) is 24.5 Å². The van der Waals surface area contributed by atoms with Crippen molar-refractivity contribution in [2.24, 2.45) is 23.7 Å². The van der Waals surface area contributed by atoms with Gasteiger partial charge >= 0.3 is 0 Å². The Bertz CT molecular complexity index is 347. The topological polar surface area (TPSA) is 41.1 Å². The van der Waals surface area contributed by atoms with E-state index in [1.54, 1.807) is 0 Å². The zero-order valence-corrected chi connectivity index (χ0v) is 12.4. The number of nitrogens with one attached hydrogen (secondary N) is 2. The second kappa shape index (κ2) is 5.32. The van der Waals surface area contributed by atoms with E-state index in [1.807, 2.05) is 0 Å². The molecular formula is C17H28N2O. The zero-order chi connectivity index (χ0) is 13.5. The Morgan fingerprint density at radius 2 is 1.75 bits per heavy atom. The Hall–Kier alpha value is -0.570. The molecule has 0 aromatic rings. The molecule has 1 saturated heterocycles.